The lowest BCUT2D eigenvalue weighted by Gasteiger charge is -2.35. The lowest BCUT2D eigenvalue weighted by molar-refractivity contribution is -0.132. The topological polar surface area (TPSA) is 52.8 Å². The van der Waals surface area contributed by atoms with Crippen LogP contribution in [0.15, 0.2) is 0 Å². The van der Waals surface area contributed by atoms with Crippen molar-refractivity contribution in [3.05, 3.63) is 0 Å². The largest absolute Gasteiger partial charge is 0.342 e. The van der Waals surface area contributed by atoms with Gasteiger partial charge in [-0.2, -0.15) is 0 Å². The molecule has 2 fully saturated rings. The van der Waals surface area contributed by atoms with Crippen molar-refractivity contribution in [3.8, 4) is 0 Å². The number of hydrogen-bond acceptors (Lipinski definition) is 4. The first-order chi connectivity index (χ1) is 9.29. The van der Waals surface area contributed by atoms with Gasteiger partial charge in [0.2, 0.25) is 5.91 Å². The second-order valence-electron chi connectivity index (χ2n) is 5.70. The van der Waals surface area contributed by atoms with Gasteiger partial charge in [0.15, 0.2) is 0 Å². The van der Waals surface area contributed by atoms with Crippen molar-refractivity contribution >= 4 is 30.7 Å². The third-order valence-electron chi connectivity index (χ3n) is 4.23. The molecule has 126 valence electrons. The number of carbonyl (C=O) groups excluding carboxylic acids is 1. The lowest BCUT2D eigenvalue weighted by atomic mass is 10.2. The summed E-state index contributed by atoms with van der Waals surface area (Å²) in [5.41, 5.74) is 5.57. The molecule has 0 aliphatic carbocycles. The van der Waals surface area contributed by atoms with Gasteiger partial charge in [-0.25, -0.2) is 0 Å². The molecule has 7 heteroatoms. The molecule has 2 saturated heterocycles. The fourth-order valence-corrected chi connectivity index (χ4v) is 2.96. The Labute approximate surface area is 141 Å². The summed E-state index contributed by atoms with van der Waals surface area (Å²) in [5, 5.41) is 0. The monoisotopic (exact) mass is 340 g/mol. The summed E-state index contributed by atoms with van der Waals surface area (Å²) in [6.45, 7) is 8.34. The molecule has 2 heterocycles. The Bertz CT molecular complexity index is 278. The van der Waals surface area contributed by atoms with Crippen molar-refractivity contribution in [2.75, 3.05) is 58.9 Å². The van der Waals surface area contributed by atoms with E-state index in [1.54, 1.807) is 0 Å². The Morgan fingerprint density at radius 1 is 0.810 bits per heavy atom. The van der Waals surface area contributed by atoms with Crippen LogP contribution < -0.4 is 5.73 Å². The molecule has 1 amide bonds. The second kappa shape index (κ2) is 11.5. The molecule has 5 nitrogen and oxygen atoms in total. The van der Waals surface area contributed by atoms with Crippen molar-refractivity contribution in [3.63, 3.8) is 0 Å². The van der Waals surface area contributed by atoms with E-state index in [0.717, 1.165) is 52.4 Å². The van der Waals surface area contributed by atoms with Gasteiger partial charge >= 0.3 is 0 Å². The zero-order valence-corrected chi connectivity index (χ0v) is 14.5. The Hall–Kier alpha value is -0.0700. The summed E-state index contributed by atoms with van der Waals surface area (Å²) in [6.07, 6.45) is 4.91. The highest BCUT2D eigenvalue weighted by Gasteiger charge is 2.21. The molecule has 0 unspecified atom stereocenters. The van der Waals surface area contributed by atoms with Crippen molar-refractivity contribution in [1.82, 2.24) is 14.7 Å². The smallest absolute Gasteiger partial charge is 0.236 e. The van der Waals surface area contributed by atoms with E-state index in [0.29, 0.717) is 12.5 Å². The quantitative estimate of drug-likeness (QED) is 0.822. The maximum atomic E-state index is 12.3. The zero-order valence-electron chi connectivity index (χ0n) is 12.8. The Balaban J connectivity index is 0.00000200. The molecule has 0 spiro atoms. The third-order valence-corrected chi connectivity index (χ3v) is 4.23. The highest BCUT2D eigenvalue weighted by Crippen LogP contribution is 2.10. The van der Waals surface area contributed by atoms with Gasteiger partial charge in [0, 0.05) is 52.4 Å². The van der Waals surface area contributed by atoms with Gasteiger partial charge in [-0.05, 0) is 12.8 Å². The molecule has 2 N–H and O–H groups in total. The molecule has 0 bridgehead atoms. The van der Waals surface area contributed by atoms with Crippen LogP contribution in [0.25, 0.3) is 0 Å². The van der Waals surface area contributed by atoms with E-state index < -0.39 is 0 Å². The van der Waals surface area contributed by atoms with Gasteiger partial charge < -0.3 is 10.6 Å². The number of hydrogen-bond donors (Lipinski definition) is 1. The Morgan fingerprint density at radius 2 is 1.33 bits per heavy atom. The summed E-state index contributed by atoms with van der Waals surface area (Å²) in [6, 6.07) is 0. The normalized spacial score (nSPS) is 21.1. The van der Waals surface area contributed by atoms with Crippen LogP contribution in [0.3, 0.4) is 0 Å². The summed E-state index contributed by atoms with van der Waals surface area (Å²) < 4.78 is 0. The number of amides is 1. The van der Waals surface area contributed by atoms with E-state index in [2.05, 4.69) is 14.7 Å². The second-order valence-corrected chi connectivity index (χ2v) is 5.70. The van der Waals surface area contributed by atoms with Crippen LogP contribution in [0.5, 0.6) is 0 Å². The number of halogens is 2. The van der Waals surface area contributed by atoms with Gasteiger partial charge in [-0.3, -0.25) is 14.6 Å². The van der Waals surface area contributed by atoms with Crippen molar-refractivity contribution < 1.29 is 4.79 Å². The van der Waals surface area contributed by atoms with Crippen LogP contribution in [0.2, 0.25) is 0 Å². The van der Waals surface area contributed by atoms with Gasteiger partial charge in [-0.15, -0.1) is 24.8 Å². The van der Waals surface area contributed by atoms with E-state index >= 15 is 0 Å². The number of nitrogens with two attached hydrogens (primary N) is 1. The summed E-state index contributed by atoms with van der Waals surface area (Å²) in [4.78, 5) is 19.0. The predicted octanol–water partition coefficient (Wildman–Crippen LogP) is 0.809. The molecule has 2 aliphatic heterocycles. The number of piperazine rings is 1. The molecule has 2 rings (SSSR count). The molecule has 0 aromatic heterocycles. The molecule has 0 radical (unpaired) electrons. The number of likely N-dealkylation sites (tertiary alicyclic amines) is 1. The fraction of sp³-hybridized carbons (Fsp3) is 0.929. The van der Waals surface area contributed by atoms with Gasteiger partial charge in [0.1, 0.15) is 0 Å². The summed E-state index contributed by atoms with van der Waals surface area (Å²) in [5.74, 6) is 0.328. The predicted molar refractivity (Wildman–Crippen MR) is 91.5 cm³/mol. The van der Waals surface area contributed by atoms with Crippen molar-refractivity contribution in [2.24, 2.45) is 5.73 Å². The first-order valence-electron chi connectivity index (χ1n) is 7.72. The Kier molecular flexibility index (Phi) is 11.5. The van der Waals surface area contributed by atoms with E-state index in [1.807, 2.05) is 0 Å². The van der Waals surface area contributed by atoms with E-state index in [9.17, 15) is 4.79 Å². The Morgan fingerprint density at radius 3 is 1.86 bits per heavy atom. The highest BCUT2D eigenvalue weighted by molar-refractivity contribution is 5.85. The first-order valence-corrected chi connectivity index (χ1v) is 7.72. The van der Waals surface area contributed by atoms with Crippen LogP contribution in [-0.2, 0) is 4.79 Å². The molecule has 21 heavy (non-hydrogen) atoms. The number of carbonyl (C=O) groups is 1. The summed E-state index contributed by atoms with van der Waals surface area (Å²) in [7, 11) is 0. The highest BCUT2D eigenvalue weighted by atomic mass is 35.5. The van der Waals surface area contributed by atoms with Crippen molar-refractivity contribution in [1.29, 1.82) is 0 Å². The minimum atomic E-state index is 0. The molecule has 0 aromatic carbocycles. The van der Waals surface area contributed by atoms with E-state index in [4.69, 9.17) is 5.73 Å². The van der Waals surface area contributed by atoms with Crippen LogP contribution in [-0.4, -0.2) is 79.5 Å². The number of rotatable bonds is 4. The van der Waals surface area contributed by atoms with Crippen LogP contribution in [0, 0.1) is 0 Å². The minimum absolute atomic E-state index is 0. The zero-order chi connectivity index (χ0) is 13.5. The van der Waals surface area contributed by atoms with Crippen molar-refractivity contribution in [2.45, 2.75) is 25.7 Å². The van der Waals surface area contributed by atoms with E-state index in [1.165, 1.54) is 25.7 Å². The maximum absolute atomic E-state index is 12.3. The standard InChI is InChI=1S/C14H28N4O.2ClH/c15-5-8-16-9-11-17(12-10-16)13-14(19)18-6-3-1-2-4-7-18;;/h1-13,15H2;2*1H. The minimum Gasteiger partial charge on any atom is -0.342 e. The molecule has 0 saturated carbocycles. The molecule has 0 aromatic rings. The fourth-order valence-electron chi connectivity index (χ4n) is 2.96. The average Bonchev–Trinajstić information content (AvgIpc) is 2.70. The van der Waals surface area contributed by atoms with Gasteiger partial charge in [0.05, 0.1) is 6.54 Å². The molecule has 0 atom stereocenters. The van der Waals surface area contributed by atoms with Gasteiger partial charge in [0.25, 0.3) is 0 Å². The molecular weight excluding hydrogens is 311 g/mol. The van der Waals surface area contributed by atoms with Crippen LogP contribution >= 0.6 is 24.8 Å². The average molecular weight is 341 g/mol. The molecular formula is C14H30Cl2N4O. The number of nitrogens with zero attached hydrogens (tertiary/aromatic N) is 3. The van der Waals surface area contributed by atoms with E-state index in [-0.39, 0.29) is 24.8 Å². The first kappa shape index (κ1) is 20.9. The van der Waals surface area contributed by atoms with Crippen LogP contribution in [0.4, 0.5) is 0 Å². The maximum Gasteiger partial charge on any atom is 0.236 e. The lowest BCUT2D eigenvalue weighted by Crippen LogP contribution is -2.51. The summed E-state index contributed by atoms with van der Waals surface area (Å²) >= 11 is 0. The third kappa shape index (κ3) is 7.15. The molecule has 2 aliphatic rings. The SMILES string of the molecule is Cl.Cl.NCCN1CCN(CC(=O)N2CCCCCC2)CC1. The van der Waals surface area contributed by atoms with Crippen LogP contribution in [0.1, 0.15) is 25.7 Å². The van der Waals surface area contributed by atoms with Gasteiger partial charge in [-0.1, -0.05) is 12.8 Å².